The maximum Gasteiger partial charge on any atom is 0.213 e. The van der Waals surface area contributed by atoms with Gasteiger partial charge in [-0.25, -0.2) is 0 Å². The van der Waals surface area contributed by atoms with Gasteiger partial charge in [-0.15, -0.1) is 0 Å². The van der Waals surface area contributed by atoms with Gasteiger partial charge in [0, 0.05) is 10.6 Å². The number of rotatable bonds is 5. The maximum atomic E-state index is 11.2. The molecular formula is C24H20N2O2. The number of benzene rings is 3. The van der Waals surface area contributed by atoms with Crippen LogP contribution in [0.5, 0.6) is 0 Å². The minimum absolute atomic E-state index is 0.130. The summed E-state index contributed by atoms with van der Waals surface area (Å²) in [4.78, 5) is 13.2. The Morgan fingerprint density at radius 2 is 1.14 bits per heavy atom. The lowest BCUT2D eigenvalue weighted by Gasteiger charge is -2.34. The monoisotopic (exact) mass is 368 g/mol. The summed E-state index contributed by atoms with van der Waals surface area (Å²) in [5.41, 5.74) is 5.00. The molecule has 1 aliphatic heterocycles. The fourth-order valence-corrected chi connectivity index (χ4v) is 3.53. The Hall–Kier alpha value is -3.66. The first kappa shape index (κ1) is 17.7. The van der Waals surface area contributed by atoms with E-state index in [0.29, 0.717) is 0 Å². The molecule has 4 nitrogen and oxygen atoms in total. The predicted octanol–water partition coefficient (Wildman–Crippen LogP) is 5.48. The van der Waals surface area contributed by atoms with E-state index in [-0.39, 0.29) is 17.4 Å². The van der Waals surface area contributed by atoms with E-state index in [0.717, 1.165) is 28.2 Å². The summed E-state index contributed by atoms with van der Waals surface area (Å²) in [7, 11) is 0. The molecule has 0 bridgehead atoms. The molecule has 0 atom stereocenters. The van der Waals surface area contributed by atoms with Crippen molar-refractivity contribution in [2.75, 3.05) is 11.4 Å². The molecule has 0 saturated heterocycles. The second-order valence-corrected chi connectivity index (χ2v) is 6.69. The first-order valence-corrected chi connectivity index (χ1v) is 9.24. The van der Waals surface area contributed by atoms with Crippen LogP contribution in [-0.2, 0) is 0 Å². The Balaban J connectivity index is 1.90. The van der Waals surface area contributed by atoms with Gasteiger partial charge in [-0.3, -0.25) is 10.1 Å². The molecule has 0 amide bonds. The van der Waals surface area contributed by atoms with Crippen LogP contribution in [0.1, 0.15) is 11.1 Å². The Morgan fingerprint density at radius 1 is 0.714 bits per heavy atom. The van der Waals surface area contributed by atoms with E-state index >= 15 is 0 Å². The average molecular weight is 368 g/mol. The van der Waals surface area contributed by atoms with Gasteiger partial charge in [0.25, 0.3) is 0 Å². The molecule has 0 unspecified atom stereocenters. The van der Waals surface area contributed by atoms with Crippen molar-refractivity contribution in [1.29, 1.82) is 0 Å². The first-order valence-electron chi connectivity index (χ1n) is 9.24. The third kappa shape index (κ3) is 3.71. The lowest BCUT2D eigenvalue weighted by Crippen LogP contribution is -2.26. The second kappa shape index (κ2) is 7.92. The summed E-state index contributed by atoms with van der Waals surface area (Å²) < 4.78 is 0. The van der Waals surface area contributed by atoms with Crippen molar-refractivity contribution in [2.24, 2.45) is 5.92 Å². The van der Waals surface area contributed by atoms with Crippen LogP contribution in [0.15, 0.2) is 103 Å². The van der Waals surface area contributed by atoms with E-state index < -0.39 is 0 Å². The van der Waals surface area contributed by atoms with E-state index in [1.807, 2.05) is 91.0 Å². The first-order chi connectivity index (χ1) is 13.7. The smallest absolute Gasteiger partial charge is 0.213 e. The van der Waals surface area contributed by atoms with E-state index in [1.165, 1.54) is 0 Å². The van der Waals surface area contributed by atoms with Crippen molar-refractivity contribution in [2.45, 2.75) is 0 Å². The number of nitro groups is 1. The van der Waals surface area contributed by atoms with Crippen LogP contribution in [0, 0.1) is 16.0 Å². The van der Waals surface area contributed by atoms with Crippen LogP contribution < -0.4 is 4.90 Å². The SMILES string of the molecule is O=[N+]([O-])CC1C=C(c2ccccc2)N(c2ccccc2)C(c2ccccc2)=C1. The molecule has 0 saturated carbocycles. The molecule has 0 radical (unpaired) electrons. The molecule has 0 aliphatic carbocycles. The third-order valence-corrected chi connectivity index (χ3v) is 4.74. The summed E-state index contributed by atoms with van der Waals surface area (Å²) in [6, 6.07) is 30.2. The van der Waals surface area contributed by atoms with Gasteiger partial charge < -0.3 is 4.90 Å². The quantitative estimate of drug-likeness (QED) is 0.442. The van der Waals surface area contributed by atoms with Gasteiger partial charge in [0.15, 0.2) is 0 Å². The molecule has 0 fully saturated rings. The standard InChI is InChI=1S/C24H20N2O2/c27-25(28)18-19-16-23(20-10-4-1-5-11-20)26(22-14-8-3-9-15-22)24(17-19)21-12-6-2-7-13-21/h1-17,19H,18H2. The molecule has 4 rings (SSSR count). The molecule has 4 heteroatoms. The van der Waals surface area contributed by atoms with Crippen LogP contribution in [0.25, 0.3) is 11.4 Å². The third-order valence-electron chi connectivity index (χ3n) is 4.74. The normalized spacial score (nSPS) is 14.4. The summed E-state index contributed by atoms with van der Waals surface area (Å²) >= 11 is 0. The van der Waals surface area contributed by atoms with Gasteiger partial charge in [-0.05, 0) is 35.4 Å². The molecular weight excluding hydrogens is 348 g/mol. The van der Waals surface area contributed by atoms with Crippen molar-refractivity contribution in [1.82, 2.24) is 0 Å². The number of hydrogen-bond acceptors (Lipinski definition) is 3. The van der Waals surface area contributed by atoms with Crippen LogP contribution in [-0.4, -0.2) is 11.5 Å². The lowest BCUT2D eigenvalue weighted by molar-refractivity contribution is -0.483. The van der Waals surface area contributed by atoms with Crippen LogP contribution in [0.3, 0.4) is 0 Å². The van der Waals surface area contributed by atoms with Gasteiger partial charge >= 0.3 is 0 Å². The summed E-state index contributed by atoms with van der Waals surface area (Å²) in [6.07, 6.45) is 4.00. The van der Waals surface area contributed by atoms with Crippen LogP contribution >= 0.6 is 0 Å². The highest BCUT2D eigenvalue weighted by Crippen LogP contribution is 2.39. The number of hydrogen-bond donors (Lipinski definition) is 0. The topological polar surface area (TPSA) is 46.4 Å². The number of nitrogens with zero attached hydrogens (tertiary/aromatic N) is 2. The fourth-order valence-electron chi connectivity index (χ4n) is 3.53. The minimum Gasteiger partial charge on any atom is -0.310 e. The Kier molecular flexibility index (Phi) is 5.02. The maximum absolute atomic E-state index is 11.2. The molecule has 28 heavy (non-hydrogen) atoms. The highest BCUT2D eigenvalue weighted by atomic mass is 16.6. The fraction of sp³-hybridized carbons (Fsp3) is 0.0833. The number of para-hydroxylation sites is 1. The average Bonchev–Trinajstić information content (AvgIpc) is 2.74. The molecule has 138 valence electrons. The molecule has 1 aliphatic rings. The molecule has 0 spiro atoms. The molecule has 0 aromatic heterocycles. The highest BCUT2D eigenvalue weighted by Gasteiger charge is 2.27. The lowest BCUT2D eigenvalue weighted by atomic mass is 9.94. The van der Waals surface area contributed by atoms with Crippen molar-refractivity contribution < 1.29 is 4.92 Å². The predicted molar refractivity (Wildman–Crippen MR) is 113 cm³/mol. The zero-order chi connectivity index (χ0) is 19.3. The highest BCUT2D eigenvalue weighted by molar-refractivity contribution is 5.97. The zero-order valence-corrected chi connectivity index (χ0v) is 15.3. The van der Waals surface area contributed by atoms with E-state index in [2.05, 4.69) is 17.0 Å². The van der Waals surface area contributed by atoms with Crippen molar-refractivity contribution >= 4 is 17.1 Å². The van der Waals surface area contributed by atoms with E-state index in [1.54, 1.807) is 0 Å². The van der Waals surface area contributed by atoms with Crippen LogP contribution in [0.4, 0.5) is 5.69 Å². The Morgan fingerprint density at radius 3 is 1.57 bits per heavy atom. The second-order valence-electron chi connectivity index (χ2n) is 6.69. The van der Waals surface area contributed by atoms with Gasteiger partial charge in [-0.2, -0.15) is 0 Å². The summed E-state index contributed by atoms with van der Waals surface area (Å²) in [6.45, 7) is -0.130. The molecule has 0 N–H and O–H groups in total. The Bertz CT molecular complexity index is 955. The molecule has 3 aromatic rings. The molecule has 1 heterocycles. The van der Waals surface area contributed by atoms with E-state index in [4.69, 9.17) is 0 Å². The van der Waals surface area contributed by atoms with Crippen molar-refractivity contribution in [3.05, 3.63) is 124 Å². The summed E-state index contributed by atoms with van der Waals surface area (Å²) in [5.74, 6) is -0.277. The van der Waals surface area contributed by atoms with Gasteiger partial charge in [-0.1, -0.05) is 78.9 Å². The van der Waals surface area contributed by atoms with Gasteiger partial charge in [0.1, 0.15) is 0 Å². The van der Waals surface area contributed by atoms with Gasteiger partial charge in [0.05, 0.1) is 17.3 Å². The summed E-state index contributed by atoms with van der Waals surface area (Å²) in [5, 5.41) is 11.2. The van der Waals surface area contributed by atoms with Crippen molar-refractivity contribution in [3.8, 4) is 0 Å². The largest absolute Gasteiger partial charge is 0.310 e. The molecule has 3 aromatic carbocycles. The Labute approximate surface area is 164 Å². The van der Waals surface area contributed by atoms with E-state index in [9.17, 15) is 10.1 Å². The minimum atomic E-state index is -0.277. The number of anilines is 1. The van der Waals surface area contributed by atoms with Gasteiger partial charge in [0.2, 0.25) is 6.54 Å². The van der Waals surface area contributed by atoms with Crippen molar-refractivity contribution in [3.63, 3.8) is 0 Å². The van der Waals surface area contributed by atoms with Crippen LogP contribution in [0.2, 0.25) is 0 Å². The zero-order valence-electron chi connectivity index (χ0n) is 15.3.